The van der Waals surface area contributed by atoms with Crippen LogP contribution in [0.2, 0.25) is 0 Å². The Morgan fingerprint density at radius 1 is 1.20 bits per heavy atom. The second-order valence-corrected chi connectivity index (χ2v) is 5.23. The average Bonchev–Trinajstić information content (AvgIpc) is 2.74. The highest BCUT2D eigenvalue weighted by molar-refractivity contribution is 9.09. The maximum atomic E-state index is 12.0. The van der Waals surface area contributed by atoms with Gasteiger partial charge >= 0.3 is 6.03 Å². The minimum absolute atomic E-state index is 0.0243. The smallest absolute Gasteiger partial charge is 0.272 e. The predicted octanol–water partition coefficient (Wildman–Crippen LogP) is 2.46. The topological polar surface area (TPSA) is 53.0 Å². The lowest BCUT2D eigenvalue weighted by atomic mass is 10.2. The van der Waals surface area contributed by atoms with Gasteiger partial charge in [0.05, 0.1) is 6.21 Å². The lowest BCUT2D eigenvalue weighted by Crippen LogP contribution is -2.32. The monoisotopic (exact) mass is 337 g/mol. The summed E-state index contributed by atoms with van der Waals surface area (Å²) in [4.78, 5) is 25.1. The zero-order valence-corrected chi connectivity index (χ0v) is 12.6. The number of hydrogen-bond acceptors (Lipinski definition) is 3. The number of unbranched alkanes of at least 4 members (excludes halogenated alkanes) is 1. The zero-order valence-electron chi connectivity index (χ0n) is 11.0. The second kappa shape index (κ2) is 7.19. The first-order chi connectivity index (χ1) is 9.72. The first kappa shape index (κ1) is 14.7. The molecule has 2 rings (SSSR count). The Kier molecular flexibility index (Phi) is 5.29. The molecule has 1 aromatic rings. The first-order valence-corrected chi connectivity index (χ1v) is 7.61. The Labute approximate surface area is 126 Å². The number of nitrogens with zero attached hydrogens (tertiary/aromatic N) is 3. The van der Waals surface area contributed by atoms with Crippen molar-refractivity contribution in [1.29, 1.82) is 0 Å². The minimum atomic E-state index is -0.336. The number of amides is 3. The van der Waals surface area contributed by atoms with Crippen molar-refractivity contribution in [2.45, 2.75) is 12.8 Å². The molecule has 1 aliphatic rings. The van der Waals surface area contributed by atoms with Gasteiger partial charge in [-0.3, -0.25) is 9.69 Å². The number of hydrogen-bond donors (Lipinski definition) is 0. The van der Waals surface area contributed by atoms with E-state index in [0.717, 1.165) is 23.7 Å². The third kappa shape index (κ3) is 3.66. The van der Waals surface area contributed by atoms with Gasteiger partial charge in [0.15, 0.2) is 0 Å². The van der Waals surface area contributed by atoms with Crippen molar-refractivity contribution in [2.75, 3.05) is 18.4 Å². The molecule has 0 aliphatic carbocycles. The Morgan fingerprint density at radius 3 is 2.65 bits per heavy atom. The number of rotatable bonds is 6. The Balaban J connectivity index is 1.96. The van der Waals surface area contributed by atoms with Gasteiger partial charge in [0.1, 0.15) is 6.54 Å². The molecule has 3 amide bonds. The lowest BCUT2D eigenvalue weighted by molar-refractivity contribution is -0.125. The third-order valence-corrected chi connectivity index (χ3v) is 3.51. The van der Waals surface area contributed by atoms with E-state index in [1.165, 1.54) is 9.91 Å². The molecule has 0 unspecified atom stereocenters. The van der Waals surface area contributed by atoms with Gasteiger partial charge in [0.2, 0.25) is 0 Å². The van der Waals surface area contributed by atoms with Crippen LogP contribution in [-0.2, 0) is 4.79 Å². The van der Waals surface area contributed by atoms with E-state index in [9.17, 15) is 9.59 Å². The van der Waals surface area contributed by atoms with E-state index in [1.54, 1.807) is 6.21 Å². The first-order valence-electron chi connectivity index (χ1n) is 6.49. The van der Waals surface area contributed by atoms with Gasteiger partial charge in [-0.25, -0.2) is 9.80 Å². The normalized spacial score (nSPS) is 15.7. The van der Waals surface area contributed by atoms with E-state index in [0.29, 0.717) is 6.54 Å². The van der Waals surface area contributed by atoms with E-state index in [2.05, 4.69) is 21.0 Å². The molecule has 0 N–H and O–H groups in total. The standard InChI is InChI=1S/C14H16BrN3O2/c15-8-4-5-9-17-13(19)11-18(14(17)20)16-10-12-6-2-1-3-7-12/h1-3,6-7,10H,4-5,8-9,11H2. The van der Waals surface area contributed by atoms with Crippen molar-refractivity contribution in [3.63, 3.8) is 0 Å². The summed E-state index contributed by atoms with van der Waals surface area (Å²) < 4.78 is 0. The quantitative estimate of drug-likeness (QED) is 0.346. The van der Waals surface area contributed by atoms with Gasteiger partial charge in [0, 0.05) is 11.9 Å². The van der Waals surface area contributed by atoms with Crippen LogP contribution < -0.4 is 0 Å². The summed E-state index contributed by atoms with van der Waals surface area (Å²) in [5.74, 6) is -0.185. The highest BCUT2D eigenvalue weighted by atomic mass is 79.9. The summed E-state index contributed by atoms with van der Waals surface area (Å²) in [5.41, 5.74) is 0.894. The van der Waals surface area contributed by atoms with Crippen molar-refractivity contribution in [2.24, 2.45) is 5.10 Å². The van der Waals surface area contributed by atoms with E-state index >= 15 is 0 Å². The van der Waals surface area contributed by atoms with E-state index in [1.807, 2.05) is 30.3 Å². The number of imide groups is 1. The molecule has 1 aromatic carbocycles. The molecule has 0 atom stereocenters. The van der Waals surface area contributed by atoms with Gasteiger partial charge in [-0.1, -0.05) is 46.3 Å². The second-order valence-electron chi connectivity index (χ2n) is 4.44. The fourth-order valence-electron chi connectivity index (χ4n) is 1.88. The van der Waals surface area contributed by atoms with E-state index < -0.39 is 0 Å². The number of benzene rings is 1. The summed E-state index contributed by atoms with van der Waals surface area (Å²) in [6.45, 7) is 0.483. The van der Waals surface area contributed by atoms with Crippen LogP contribution in [0.15, 0.2) is 35.4 Å². The van der Waals surface area contributed by atoms with Crippen LogP contribution in [-0.4, -0.2) is 46.5 Å². The summed E-state index contributed by atoms with van der Waals surface area (Å²) in [7, 11) is 0. The van der Waals surface area contributed by atoms with Crippen LogP contribution in [0.5, 0.6) is 0 Å². The molecule has 1 fully saturated rings. The average molecular weight is 338 g/mol. The number of carbonyl (C=O) groups is 2. The summed E-state index contributed by atoms with van der Waals surface area (Å²) in [5, 5.41) is 6.18. The summed E-state index contributed by atoms with van der Waals surface area (Å²) in [6.07, 6.45) is 3.33. The van der Waals surface area contributed by atoms with Crippen LogP contribution in [0.1, 0.15) is 18.4 Å². The number of alkyl halides is 1. The minimum Gasteiger partial charge on any atom is -0.272 e. The predicted molar refractivity (Wildman–Crippen MR) is 80.9 cm³/mol. The van der Waals surface area contributed by atoms with Crippen molar-refractivity contribution < 1.29 is 9.59 Å². The lowest BCUT2D eigenvalue weighted by Gasteiger charge is -2.13. The van der Waals surface area contributed by atoms with Gasteiger partial charge in [-0.05, 0) is 18.4 Å². The number of hydrazone groups is 1. The summed E-state index contributed by atoms with van der Waals surface area (Å²) in [6, 6.07) is 9.14. The zero-order chi connectivity index (χ0) is 14.4. The van der Waals surface area contributed by atoms with E-state index in [-0.39, 0.29) is 18.5 Å². The Morgan fingerprint density at radius 2 is 1.95 bits per heavy atom. The molecule has 1 aliphatic heterocycles. The molecule has 1 saturated heterocycles. The van der Waals surface area contributed by atoms with Gasteiger partial charge in [-0.15, -0.1) is 0 Å². The highest BCUT2D eigenvalue weighted by Crippen LogP contribution is 2.12. The van der Waals surface area contributed by atoms with Crippen LogP contribution in [0.4, 0.5) is 4.79 Å². The van der Waals surface area contributed by atoms with Crippen molar-refractivity contribution in [3.05, 3.63) is 35.9 Å². The summed E-state index contributed by atoms with van der Waals surface area (Å²) >= 11 is 3.33. The number of urea groups is 1. The Bertz CT molecular complexity index is 504. The molecule has 0 saturated carbocycles. The molecule has 6 heteroatoms. The molecule has 5 nitrogen and oxygen atoms in total. The fraction of sp³-hybridized carbons (Fsp3) is 0.357. The molecule has 0 radical (unpaired) electrons. The highest BCUT2D eigenvalue weighted by Gasteiger charge is 2.35. The molecule has 20 heavy (non-hydrogen) atoms. The third-order valence-electron chi connectivity index (χ3n) is 2.95. The molecular formula is C14H16BrN3O2. The molecule has 0 aromatic heterocycles. The largest absolute Gasteiger partial charge is 0.347 e. The molecule has 0 spiro atoms. The van der Waals surface area contributed by atoms with Gasteiger partial charge < -0.3 is 0 Å². The van der Waals surface area contributed by atoms with E-state index in [4.69, 9.17) is 0 Å². The SMILES string of the molecule is O=C1CN(N=Cc2ccccc2)C(=O)N1CCCCBr. The van der Waals surface area contributed by atoms with Crippen LogP contribution in [0, 0.1) is 0 Å². The van der Waals surface area contributed by atoms with Crippen molar-refractivity contribution in [3.8, 4) is 0 Å². The van der Waals surface area contributed by atoms with Crippen LogP contribution in [0.25, 0.3) is 0 Å². The van der Waals surface area contributed by atoms with Crippen LogP contribution in [0.3, 0.4) is 0 Å². The van der Waals surface area contributed by atoms with Crippen molar-refractivity contribution in [1.82, 2.24) is 9.91 Å². The number of carbonyl (C=O) groups excluding carboxylic acids is 2. The Hall–Kier alpha value is -1.69. The molecular weight excluding hydrogens is 322 g/mol. The molecule has 106 valence electrons. The van der Waals surface area contributed by atoms with Gasteiger partial charge in [-0.2, -0.15) is 5.10 Å². The van der Waals surface area contributed by atoms with Crippen molar-refractivity contribution >= 4 is 34.1 Å². The number of halogens is 1. The maximum Gasteiger partial charge on any atom is 0.347 e. The molecule has 1 heterocycles. The van der Waals surface area contributed by atoms with Crippen LogP contribution >= 0.6 is 15.9 Å². The molecule has 0 bridgehead atoms. The fourth-order valence-corrected chi connectivity index (χ4v) is 2.27. The van der Waals surface area contributed by atoms with Gasteiger partial charge in [0.25, 0.3) is 5.91 Å². The maximum absolute atomic E-state index is 12.0.